The molecule has 14 N–H and O–H groups in total. The van der Waals surface area contributed by atoms with Crippen LogP contribution in [-0.4, -0.2) is 143 Å². The summed E-state index contributed by atoms with van der Waals surface area (Å²) in [7, 11) is -4.49. The molecule has 0 saturated carbocycles. The number of pyridine rings is 1. The van der Waals surface area contributed by atoms with E-state index >= 15 is 0 Å². The molecule has 89 heavy (non-hydrogen) atoms. The summed E-state index contributed by atoms with van der Waals surface area (Å²) in [6.07, 6.45) is 13.9. The van der Waals surface area contributed by atoms with Gasteiger partial charge in [0, 0.05) is 54.9 Å². The molecule has 3 aromatic carbocycles. The summed E-state index contributed by atoms with van der Waals surface area (Å²) >= 11 is 0. The van der Waals surface area contributed by atoms with E-state index in [0.29, 0.717) is 109 Å². The molecule has 3 atom stereocenters. The van der Waals surface area contributed by atoms with Gasteiger partial charge in [-0.15, -0.1) is 6.58 Å². The van der Waals surface area contributed by atoms with Gasteiger partial charge in [0.2, 0.25) is 29.5 Å². The molecule has 0 radical (unpaired) electrons. The van der Waals surface area contributed by atoms with Gasteiger partial charge >= 0.3 is 0 Å². The highest BCUT2D eigenvalue weighted by molar-refractivity contribution is 7.86. The quantitative estimate of drug-likeness (QED) is 0.00966. The van der Waals surface area contributed by atoms with Crippen molar-refractivity contribution >= 4 is 63.4 Å². The molecule has 0 spiro atoms. The fourth-order valence-corrected chi connectivity index (χ4v) is 10.3. The number of carbonyl (C=O) groups is 7. The van der Waals surface area contributed by atoms with Crippen LogP contribution in [0.3, 0.4) is 0 Å². The molecular formula is C63H88N12O13S. The summed E-state index contributed by atoms with van der Waals surface area (Å²) in [6.45, 7) is 6.17. The SMILES string of the molecule is C=CCc1c(OCCCCCOc2cccc(OCCCC(=O)NCCCNC(=O)C(CCCCN)NC(=O)C(CCCN)NC(=O)C(CCCCN)NC(=O)CNC(=O)c3ccc(N/N=C/c4ccccc4S(=O)(=O)O)nc3)c2)ccc2c1CCCC2=O. The van der Waals surface area contributed by atoms with Crippen molar-refractivity contribution in [2.24, 2.45) is 22.3 Å². The fourth-order valence-electron chi connectivity index (χ4n) is 9.60. The molecule has 1 heterocycles. The van der Waals surface area contributed by atoms with E-state index in [2.05, 4.69) is 54.0 Å². The van der Waals surface area contributed by atoms with Gasteiger partial charge < -0.3 is 63.3 Å². The lowest BCUT2D eigenvalue weighted by atomic mass is 9.86. The second kappa shape index (κ2) is 39.6. The second-order valence-corrected chi connectivity index (χ2v) is 22.6. The summed E-state index contributed by atoms with van der Waals surface area (Å²) in [6, 6.07) is 16.4. The van der Waals surface area contributed by atoms with Crippen LogP contribution < -0.4 is 68.7 Å². The molecule has 1 aliphatic carbocycles. The molecule has 0 saturated heterocycles. The number of aromatic nitrogens is 1. The van der Waals surface area contributed by atoms with Crippen LogP contribution in [-0.2, 0) is 46.9 Å². The average Bonchev–Trinajstić information content (AvgIpc) is 2.56. The Kier molecular flexibility index (Phi) is 31.8. The monoisotopic (exact) mass is 1250 g/mol. The summed E-state index contributed by atoms with van der Waals surface area (Å²) in [5, 5.41) is 20.3. The lowest BCUT2D eigenvalue weighted by Crippen LogP contribution is -2.57. The topological polar surface area (TPSA) is 389 Å². The number of allylic oxidation sites excluding steroid dienone is 1. The van der Waals surface area contributed by atoms with Gasteiger partial charge in [0.25, 0.3) is 16.0 Å². The van der Waals surface area contributed by atoms with Crippen molar-refractivity contribution in [3.63, 3.8) is 0 Å². The van der Waals surface area contributed by atoms with Crippen molar-refractivity contribution in [3.05, 3.63) is 119 Å². The number of nitrogens with one attached hydrogen (secondary N) is 7. The fraction of sp³-hybridized carbons (Fsp3) is 0.476. The number of unbranched alkanes of at least 4 members (excludes halogenated alkanes) is 4. The van der Waals surface area contributed by atoms with E-state index in [1.165, 1.54) is 42.7 Å². The first-order chi connectivity index (χ1) is 43.0. The van der Waals surface area contributed by atoms with Gasteiger partial charge in [-0.25, -0.2) is 4.98 Å². The van der Waals surface area contributed by atoms with Crippen molar-refractivity contribution in [2.75, 3.05) is 64.5 Å². The van der Waals surface area contributed by atoms with E-state index in [-0.39, 0.29) is 72.3 Å². The molecule has 26 heteroatoms. The van der Waals surface area contributed by atoms with Crippen LogP contribution in [0, 0.1) is 0 Å². The zero-order valence-corrected chi connectivity index (χ0v) is 51.4. The predicted molar refractivity (Wildman–Crippen MR) is 338 cm³/mol. The molecule has 4 aromatic rings. The highest BCUT2D eigenvalue weighted by Crippen LogP contribution is 2.32. The van der Waals surface area contributed by atoms with E-state index in [1.54, 1.807) is 6.07 Å². The molecule has 5 rings (SSSR count). The number of benzene rings is 3. The number of hydrazone groups is 1. The van der Waals surface area contributed by atoms with Gasteiger partial charge in [-0.2, -0.15) is 13.5 Å². The highest BCUT2D eigenvalue weighted by atomic mass is 32.2. The van der Waals surface area contributed by atoms with E-state index in [1.807, 2.05) is 42.5 Å². The largest absolute Gasteiger partial charge is 0.493 e. The molecule has 0 fully saturated rings. The van der Waals surface area contributed by atoms with Crippen molar-refractivity contribution in [2.45, 2.75) is 139 Å². The molecule has 1 aromatic heterocycles. The van der Waals surface area contributed by atoms with Gasteiger partial charge in [0.05, 0.1) is 38.1 Å². The second-order valence-electron chi connectivity index (χ2n) is 21.3. The minimum absolute atomic E-state index is 0.0818. The summed E-state index contributed by atoms with van der Waals surface area (Å²) in [5.41, 5.74) is 23.1. The maximum atomic E-state index is 13.9. The zero-order chi connectivity index (χ0) is 64.2. The number of amides is 6. The molecule has 0 bridgehead atoms. The standard InChI is InChI=1S/C63H88N12O13S/c1-2-17-50-48-21-13-25-54(76)49(48)29-30-55(50)88-38-11-3-10-37-86-46-19-12-20-47(40-46)87-39-15-27-58(77)67-35-16-36-68-61(80)51(22-6-8-32-64)73-63(82)53(24-14-34-66)74-62(81)52(23-7-9-33-65)72-59(78)43-70-60(79)45-28-31-57(69-41-45)75-71-42-44-18-4-5-26-56(44)89(83,84)85/h2,4-5,12,18-20,26,28-31,40-42,51-53H,1,3,6-11,13-17,21-25,27,32-39,43,64-66H2,(H,67,77)(H,68,80)(H,69,75)(H,70,79)(H,72,78)(H,73,82)(H,74,81)(H,83,84,85)/b71-42+. The van der Waals surface area contributed by atoms with Crippen LogP contribution in [0.15, 0.2) is 102 Å². The van der Waals surface area contributed by atoms with Gasteiger partial charge in [0.15, 0.2) is 5.78 Å². The maximum Gasteiger partial charge on any atom is 0.295 e. The summed E-state index contributed by atoms with van der Waals surface area (Å²) in [4.78, 5) is 96.3. The van der Waals surface area contributed by atoms with Crippen molar-refractivity contribution in [3.8, 4) is 17.2 Å². The number of hydrogen-bond donors (Lipinski definition) is 11. The van der Waals surface area contributed by atoms with Crippen molar-refractivity contribution < 1.29 is 60.7 Å². The molecule has 484 valence electrons. The normalized spacial score (nSPS) is 13.0. The maximum absolute atomic E-state index is 13.9. The van der Waals surface area contributed by atoms with Crippen molar-refractivity contribution in [1.29, 1.82) is 0 Å². The molecule has 3 unspecified atom stereocenters. The Bertz CT molecular complexity index is 3090. The Hall–Kier alpha value is -8.30. The Morgan fingerprint density at radius 3 is 1.97 bits per heavy atom. The third-order valence-corrected chi connectivity index (χ3v) is 15.2. The number of nitrogens with two attached hydrogens (primary N) is 3. The molecule has 6 amide bonds. The molecule has 25 nitrogen and oxygen atoms in total. The summed E-state index contributed by atoms with van der Waals surface area (Å²) < 4.78 is 50.8. The number of nitrogens with zero attached hydrogens (tertiary/aromatic N) is 2. The zero-order valence-electron chi connectivity index (χ0n) is 50.6. The van der Waals surface area contributed by atoms with Crippen LogP contribution in [0.2, 0.25) is 0 Å². The van der Waals surface area contributed by atoms with Crippen molar-refractivity contribution in [1.82, 2.24) is 36.9 Å². The first-order valence-corrected chi connectivity index (χ1v) is 31.9. The van der Waals surface area contributed by atoms with Gasteiger partial charge in [-0.1, -0.05) is 30.3 Å². The Labute approximate surface area is 521 Å². The number of anilines is 1. The number of Topliss-reactive ketones (excluding diaryl/α,β-unsaturated/α-hetero) is 1. The minimum atomic E-state index is -4.49. The van der Waals surface area contributed by atoms with Crippen LogP contribution >= 0.6 is 0 Å². The summed E-state index contributed by atoms with van der Waals surface area (Å²) in [5.74, 6) is -0.772. The number of carbonyl (C=O) groups excluding carboxylic acids is 7. The number of hydrogen-bond acceptors (Lipinski definition) is 18. The minimum Gasteiger partial charge on any atom is -0.493 e. The Morgan fingerprint density at radius 1 is 0.663 bits per heavy atom. The Balaban J connectivity index is 0.993. The lowest BCUT2D eigenvalue weighted by Gasteiger charge is -2.25. The van der Waals surface area contributed by atoms with E-state index < -0.39 is 64.3 Å². The first kappa shape index (κ1) is 71.5. The van der Waals surface area contributed by atoms with Crippen LogP contribution in [0.4, 0.5) is 5.82 Å². The highest BCUT2D eigenvalue weighted by Gasteiger charge is 2.30. The molecular weight excluding hydrogens is 1160 g/mol. The van der Waals surface area contributed by atoms with Gasteiger partial charge in [-0.05, 0) is 170 Å². The number of fused-ring (bicyclic) bond motifs is 1. The van der Waals surface area contributed by atoms with Gasteiger partial charge in [-0.3, -0.25) is 43.5 Å². The predicted octanol–water partition coefficient (Wildman–Crippen LogP) is 4.31. The third kappa shape index (κ3) is 25.7. The smallest absolute Gasteiger partial charge is 0.295 e. The van der Waals surface area contributed by atoms with E-state index in [9.17, 15) is 46.5 Å². The molecule has 1 aliphatic rings. The van der Waals surface area contributed by atoms with E-state index in [0.717, 1.165) is 54.5 Å². The number of ketones is 1. The average molecular weight is 1250 g/mol. The van der Waals surface area contributed by atoms with Gasteiger partial charge in [0.1, 0.15) is 46.1 Å². The first-order valence-electron chi connectivity index (χ1n) is 30.5. The number of ether oxygens (including phenoxy) is 3. The van der Waals surface area contributed by atoms with Crippen LogP contribution in [0.25, 0.3) is 0 Å². The van der Waals surface area contributed by atoms with Crippen LogP contribution in [0.1, 0.15) is 140 Å². The van der Waals surface area contributed by atoms with E-state index in [4.69, 9.17) is 31.4 Å². The van der Waals surface area contributed by atoms with Crippen LogP contribution in [0.5, 0.6) is 17.2 Å². The Morgan fingerprint density at radius 2 is 1.30 bits per heavy atom. The third-order valence-electron chi connectivity index (χ3n) is 14.3. The molecule has 0 aliphatic heterocycles. The number of rotatable bonds is 43. The lowest BCUT2D eigenvalue weighted by molar-refractivity contribution is -0.134.